The zero-order valence-corrected chi connectivity index (χ0v) is 12.4. The van der Waals surface area contributed by atoms with Crippen LogP contribution in [0.1, 0.15) is 28.6 Å². The molecule has 6 heteroatoms. The Labute approximate surface area is 123 Å². The van der Waals surface area contributed by atoms with Crippen LogP contribution < -0.4 is 0 Å². The molecule has 1 fully saturated rings. The molecule has 0 aliphatic carbocycles. The molecule has 5 nitrogen and oxygen atoms in total. The number of hydrogen-bond acceptors (Lipinski definition) is 5. The number of thiophene rings is 1. The smallest absolute Gasteiger partial charge is 0.265 e. The molecule has 1 aromatic heterocycles. The maximum absolute atomic E-state index is 12.3. The lowest BCUT2D eigenvalue weighted by atomic mass is 10.2. The van der Waals surface area contributed by atoms with E-state index in [0.29, 0.717) is 30.1 Å². The lowest BCUT2D eigenvalue weighted by Gasteiger charge is -2.35. The van der Waals surface area contributed by atoms with Gasteiger partial charge in [0, 0.05) is 32.7 Å². The molecule has 0 saturated carbocycles. The molecule has 0 bridgehead atoms. The fourth-order valence-corrected chi connectivity index (χ4v) is 3.08. The zero-order valence-electron chi connectivity index (χ0n) is 11.6. The van der Waals surface area contributed by atoms with Gasteiger partial charge in [0.2, 0.25) is 0 Å². The Morgan fingerprint density at radius 1 is 1.50 bits per heavy atom. The fraction of sp³-hybridized carbons (Fsp3) is 0.571. The van der Waals surface area contributed by atoms with Crippen molar-refractivity contribution in [3.05, 3.63) is 21.9 Å². The Morgan fingerprint density at radius 3 is 2.80 bits per heavy atom. The van der Waals surface area contributed by atoms with E-state index in [9.17, 15) is 9.90 Å². The summed E-state index contributed by atoms with van der Waals surface area (Å²) in [4.78, 5) is 16.9. The molecule has 0 unspecified atom stereocenters. The van der Waals surface area contributed by atoms with E-state index >= 15 is 0 Å². The van der Waals surface area contributed by atoms with Crippen LogP contribution in [0.2, 0.25) is 0 Å². The van der Waals surface area contributed by atoms with E-state index in [4.69, 9.17) is 5.26 Å². The summed E-state index contributed by atoms with van der Waals surface area (Å²) >= 11 is 1.32. The van der Waals surface area contributed by atoms with Crippen molar-refractivity contribution in [2.45, 2.75) is 19.4 Å². The van der Waals surface area contributed by atoms with E-state index in [1.54, 1.807) is 16.3 Å². The van der Waals surface area contributed by atoms with Gasteiger partial charge in [0.15, 0.2) is 0 Å². The third-order valence-electron chi connectivity index (χ3n) is 3.58. The fourth-order valence-electron chi connectivity index (χ4n) is 2.27. The van der Waals surface area contributed by atoms with Crippen molar-refractivity contribution in [3.8, 4) is 6.07 Å². The van der Waals surface area contributed by atoms with Gasteiger partial charge in [-0.3, -0.25) is 9.69 Å². The van der Waals surface area contributed by atoms with Crippen molar-refractivity contribution in [3.63, 3.8) is 0 Å². The second-order valence-electron chi connectivity index (χ2n) is 4.93. The second-order valence-corrected chi connectivity index (χ2v) is 5.85. The molecule has 2 heterocycles. The Balaban J connectivity index is 1.91. The van der Waals surface area contributed by atoms with Crippen LogP contribution in [-0.4, -0.2) is 59.6 Å². The molecule has 0 radical (unpaired) electrons. The molecule has 2 rings (SSSR count). The molecule has 0 spiro atoms. The number of carbonyl (C=O) groups is 1. The van der Waals surface area contributed by atoms with Crippen LogP contribution >= 0.6 is 11.3 Å². The number of nitriles is 1. The van der Waals surface area contributed by atoms with Gasteiger partial charge < -0.3 is 10.0 Å². The minimum Gasteiger partial charge on any atom is -0.392 e. The van der Waals surface area contributed by atoms with Crippen LogP contribution in [0.4, 0.5) is 0 Å². The van der Waals surface area contributed by atoms with Crippen molar-refractivity contribution in [1.29, 1.82) is 5.26 Å². The average Bonchev–Trinajstić information content (AvgIpc) is 2.95. The summed E-state index contributed by atoms with van der Waals surface area (Å²) < 4.78 is 0. The van der Waals surface area contributed by atoms with Crippen molar-refractivity contribution >= 4 is 17.2 Å². The first-order chi connectivity index (χ1) is 9.65. The van der Waals surface area contributed by atoms with E-state index in [1.807, 2.05) is 6.92 Å². The second kappa shape index (κ2) is 6.84. The number of rotatable bonds is 4. The maximum atomic E-state index is 12.3. The zero-order chi connectivity index (χ0) is 14.5. The molecule has 1 aliphatic rings. The summed E-state index contributed by atoms with van der Waals surface area (Å²) in [6.45, 7) is 5.48. The van der Waals surface area contributed by atoms with Gasteiger partial charge in [-0.2, -0.15) is 5.26 Å². The number of carbonyl (C=O) groups excluding carboxylic acids is 1. The van der Waals surface area contributed by atoms with E-state index in [-0.39, 0.29) is 12.0 Å². The molecule has 108 valence electrons. The van der Waals surface area contributed by atoms with Gasteiger partial charge in [0.1, 0.15) is 10.9 Å². The predicted molar refractivity (Wildman–Crippen MR) is 77.7 cm³/mol. The highest BCUT2D eigenvalue weighted by Crippen LogP contribution is 2.19. The summed E-state index contributed by atoms with van der Waals surface area (Å²) in [5.74, 6) is -0.0489. The molecule has 1 saturated heterocycles. The Bertz CT molecular complexity index is 501. The van der Waals surface area contributed by atoms with E-state index in [1.165, 1.54) is 11.3 Å². The molecule has 1 N–H and O–H groups in total. The van der Waals surface area contributed by atoms with Gasteiger partial charge >= 0.3 is 0 Å². The number of piperazine rings is 1. The molecule has 1 aromatic rings. The lowest BCUT2D eigenvalue weighted by molar-refractivity contribution is 0.0527. The summed E-state index contributed by atoms with van der Waals surface area (Å²) in [6, 6.07) is 3.74. The summed E-state index contributed by atoms with van der Waals surface area (Å²) in [5, 5.41) is 20.4. The standard InChI is InChI=1S/C14H19N3O2S/c1-2-12(18)10-16-4-6-17(7-5-16)14(19)13-11(9-15)3-8-20-13/h3,8,12,18H,2,4-7,10H2,1H3/t12-/m1/s1. The van der Waals surface area contributed by atoms with Gasteiger partial charge in [0.05, 0.1) is 11.7 Å². The van der Waals surface area contributed by atoms with Gasteiger partial charge in [-0.05, 0) is 17.9 Å². The normalized spacial score (nSPS) is 17.8. The minimum absolute atomic E-state index is 0.0489. The third kappa shape index (κ3) is 3.37. The maximum Gasteiger partial charge on any atom is 0.265 e. The average molecular weight is 293 g/mol. The first-order valence-electron chi connectivity index (χ1n) is 6.83. The highest BCUT2D eigenvalue weighted by molar-refractivity contribution is 7.12. The Hall–Kier alpha value is -1.42. The number of aliphatic hydroxyl groups is 1. The first-order valence-corrected chi connectivity index (χ1v) is 7.71. The van der Waals surface area contributed by atoms with Gasteiger partial charge in [-0.15, -0.1) is 11.3 Å². The molecule has 0 aromatic carbocycles. The van der Waals surface area contributed by atoms with Crippen LogP contribution in [0.25, 0.3) is 0 Å². The lowest BCUT2D eigenvalue weighted by Crippen LogP contribution is -2.50. The van der Waals surface area contributed by atoms with Crippen molar-refractivity contribution < 1.29 is 9.90 Å². The minimum atomic E-state index is -0.292. The first kappa shape index (κ1) is 15.0. The molecular formula is C14H19N3O2S. The SMILES string of the molecule is CC[C@@H](O)CN1CCN(C(=O)c2sccc2C#N)CC1. The quantitative estimate of drug-likeness (QED) is 0.904. The van der Waals surface area contributed by atoms with Gasteiger partial charge in [0.25, 0.3) is 5.91 Å². The number of aliphatic hydroxyl groups excluding tert-OH is 1. The molecule has 1 aliphatic heterocycles. The molecular weight excluding hydrogens is 274 g/mol. The largest absolute Gasteiger partial charge is 0.392 e. The van der Waals surface area contributed by atoms with Crippen LogP contribution in [0.3, 0.4) is 0 Å². The number of β-amino-alcohol motifs (C(OH)–C–C–N with tert-alkyl or cyclic N) is 1. The Morgan fingerprint density at radius 2 is 2.20 bits per heavy atom. The van der Waals surface area contributed by atoms with Gasteiger partial charge in [-0.1, -0.05) is 6.92 Å². The van der Waals surface area contributed by atoms with Crippen molar-refractivity contribution in [2.24, 2.45) is 0 Å². The predicted octanol–water partition coefficient (Wildman–Crippen LogP) is 1.15. The van der Waals surface area contributed by atoms with E-state index < -0.39 is 0 Å². The molecule has 1 atom stereocenters. The number of amides is 1. The molecule has 1 amide bonds. The number of nitrogens with zero attached hydrogens (tertiary/aromatic N) is 3. The summed E-state index contributed by atoms with van der Waals surface area (Å²) in [7, 11) is 0. The van der Waals surface area contributed by atoms with Crippen LogP contribution in [-0.2, 0) is 0 Å². The molecule has 20 heavy (non-hydrogen) atoms. The monoisotopic (exact) mass is 293 g/mol. The highest BCUT2D eigenvalue weighted by atomic mass is 32.1. The van der Waals surface area contributed by atoms with E-state index in [0.717, 1.165) is 19.5 Å². The van der Waals surface area contributed by atoms with Gasteiger partial charge in [-0.25, -0.2) is 0 Å². The van der Waals surface area contributed by atoms with Crippen LogP contribution in [0, 0.1) is 11.3 Å². The number of hydrogen-bond donors (Lipinski definition) is 1. The summed E-state index contributed by atoms with van der Waals surface area (Å²) in [5.41, 5.74) is 0.462. The topological polar surface area (TPSA) is 67.6 Å². The Kier molecular flexibility index (Phi) is 5.12. The van der Waals surface area contributed by atoms with E-state index in [2.05, 4.69) is 11.0 Å². The highest BCUT2D eigenvalue weighted by Gasteiger charge is 2.25. The van der Waals surface area contributed by atoms with Crippen molar-refractivity contribution in [1.82, 2.24) is 9.80 Å². The van der Waals surface area contributed by atoms with Crippen LogP contribution in [0.5, 0.6) is 0 Å². The third-order valence-corrected chi connectivity index (χ3v) is 4.48. The summed E-state index contributed by atoms with van der Waals surface area (Å²) in [6.07, 6.45) is 0.458. The van der Waals surface area contributed by atoms with Crippen molar-refractivity contribution in [2.75, 3.05) is 32.7 Å². The van der Waals surface area contributed by atoms with Crippen LogP contribution in [0.15, 0.2) is 11.4 Å².